The fourth-order valence-corrected chi connectivity index (χ4v) is 3.95. The first-order chi connectivity index (χ1) is 10.6. The Balaban J connectivity index is 1.69. The highest BCUT2D eigenvalue weighted by Gasteiger charge is 2.27. The number of nitrogens with one attached hydrogen (secondary N) is 1. The second-order valence-electron chi connectivity index (χ2n) is 7.34. The molecule has 0 bridgehead atoms. The summed E-state index contributed by atoms with van der Waals surface area (Å²) in [4.78, 5) is 25.5. The molecule has 1 saturated heterocycles. The summed E-state index contributed by atoms with van der Waals surface area (Å²) < 4.78 is 0. The number of nitrogens with zero attached hydrogens (tertiary/aromatic N) is 1. The maximum atomic E-state index is 12.5. The van der Waals surface area contributed by atoms with E-state index in [0.717, 1.165) is 44.8 Å². The van der Waals surface area contributed by atoms with E-state index in [1.807, 2.05) is 4.90 Å². The van der Waals surface area contributed by atoms with Crippen LogP contribution in [0.4, 0.5) is 0 Å². The minimum atomic E-state index is 0.0415. The Kier molecular flexibility index (Phi) is 6.71. The molecule has 0 radical (unpaired) electrons. The molecule has 0 aromatic carbocycles. The molecule has 4 heteroatoms. The normalized spacial score (nSPS) is 22.4. The molecule has 2 amide bonds. The standard InChI is InChI=1S/C18H32N2O2/c1-14(17-6-4-3-5-7-17)12-18(22)20-10-8-16(9-11-20)13-19-15(2)21/h14,16-17H,3-13H2,1-2H3,(H,19,21). The highest BCUT2D eigenvalue weighted by molar-refractivity contribution is 5.76. The molecule has 1 saturated carbocycles. The number of carbonyl (C=O) groups excluding carboxylic acids is 2. The molecule has 4 nitrogen and oxygen atoms in total. The second kappa shape index (κ2) is 8.54. The molecule has 0 aromatic heterocycles. The van der Waals surface area contributed by atoms with Gasteiger partial charge in [-0.05, 0) is 30.6 Å². The number of likely N-dealkylation sites (tertiary alicyclic amines) is 1. The van der Waals surface area contributed by atoms with Gasteiger partial charge < -0.3 is 10.2 Å². The van der Waals surface area contributed by atoms with Gasteiger partial charge in [-0.25, -0.2) is 0 Å². The largest absolute Gasteiger partial charge is 0.356 e. The lowest BCUT2D eigenvalue weighted by molar-refractivity contribution is -0.134. The first-order valence-corrected chi connectivity index (χ1v) is 9.08. The van der Waals surface area contributed by atoms with Gasteiger partial charge in [-0.2, -0.15) is 0 Å². The molecule has 1 N–H and O–H groups in total. The van der Waals surface area contributed by atoms with Crippen molar-refractivity contribution in [2.24, 2.45) is 17.8 Å². The van der Waals surface area contributed by atoms with Crippen LogP contribution in [0.3, 0.4) is 0 Å². The number of hydrogen-bond donors (Lipinski definition) is 1. The smallest absolute Gasteiger partial charge is 0.222 e. The van der Waals surface area contributed by atoms with Gasteiger partial charge in [-0.15, -0.1) is 0 Å². The molecule has 1 aliphatic carbocycles. The Hall–Kier alpha value is -1.06. The maximum Gasteiger partial charge on any atom is 0.222 e. The van der Waals surface area contributed by atoms with Crippen LogP contribution in [0, 0.1) is 17.8 Å². The molecule has 1 heterocycles. The van der Waals surface area contributed by atoms with E-state index >= 15 is 0 Å². The number of rotatable bonds is 5. The van der Waals surface area contributed by atoms with E-state index < -0.39 is 0 Å². The van der Waals surface area contributed by atoms with Gasteiger partial charge in [0.15, 0.2) is 0 Å². The van der Waals surface area contributed by atoms with E-state index in [9.17, 15) is 9.59 Å². The Morgan fingerprint density at radius 1 is 1.09 bits per heavy atom. The predicted octanol–water partition coefficient (Wildman–Crippen LogP) is 2.97. The van der Waals surface area contributed by atoms with E-state index in [0.29, 0.717) is 17.7 Å². The van der Waals surface area contributed by atoms with Gasteiger partial charge >= 0.3 is 0 Å². The average Bonchev–Trinajstić information content (AvgIpc) is 2.54. The van der Waals surface area contributed by atoms with Gasteiger partial charge in [-0.1, -0.05) is 39.0 Å². The molecular formula is C18H32N2O2. The monoisotopic (exact) mass is 308 g/mol. The molecule has 1 aliphatic heterocycles. The third kappa shape index (κ3) is 5.29. The SMILES string of the molecule is CC(=O)NCC1CCN(C(=O)CC(C)C2CCCCC2)CC1. The van der Waals surface area contributed by atoms with Crippen LogP contribution in [0.15, 0.2) is 0 Å². The van der Waals surface area contributed by atoms with E-state index in [-0.39, 0.29) is 5.91 Å². The molecule has 126 valence electrons. The lowest BCUT2D eigenvalue weighted by Gasteiger charge is -2.34. The molecule has 22 heavy (non-hydrogen) atoms. The van der Waals surface area contributed by atoms with Crippen LogP contribution in [-0.2, 0) is 9.59 Å². The topological polar surface area (TPSA) is 49.4 Å². The third-order valence-electron chi connectivity index (χ3n) is 5.56. The van der Waals surface area contributed by atoms with Gasteiger partial charge in [0, 0.05) is 33.0 Å². The molecular weight excluding hydrogens is 276 g/mol. The van der Waals surface area contributed by atoms with Crippen LogP contribution in [0.5, 0.6) is 0 Å². The fraction of sp³-hybridized carbons (Fsp3) is 0.889. The Morgan fingerprint density at radius 3 is 2.32 bits per heavy atom. The summed E-state index contributed by atoms with van der Waals surface area (Å²) in [7, 11) is 0. The van der Waals surface area contributed by atoms with Crippen molar-refractivity contribution < 1.29 is 9.59 Å². The van der Waals surface area contributed by atoms with E-state index in [2.05, 4.69) is 12.2 Å². The second-order valence-corrected chi connectivity index (χ2v) is 7.34. The summed E-state index contributed by atoms with van der Waals surface area (Å²) in [5, 5.41) is 2.89. The zero-order valence-corrected chi connectivity index (χ0v) is 14.3. The minimum Gasteiger partial charge on any atom is -0.356 e. The van der Waals surface area contributed by atoms with Gasteiger partial charge in [0.05, 0.1) is 0 Å². The molecule has 1 atom stereocenters. The van der Waals surface area contributed by atoms with Crippen molar-refractivity contribution in [2.45, 2.75) is 65.2 Å². The molecule has 2 rings (SSSR count). The quantitative estimate of drug-likeness (QED) is 0.849. The first-order valence-electron chi connectivity index (χ1n) is 9.08. The van der Waals surface area contributed by atoms with Crippen molar-refractivity contribution >= 4 is 11.8 Å². The minimum absolute atomic E-state index is 0.0415. The van der Waals surface area contributed by atoms with Gasteiger partial charge in [-0.3, -0.25) is 9.59 Å². The first kappa shape index (κ1) is 17.3. The van der Waals surface area contributed by atoms with Crippen molar-refractivity contribution in [1.29, 1.82) is 0 Å². The maximum absolute atomic E-state index is 12.5. The summed E-state index contributed by atoms with van der Waals surface area (Å²) in [5.74, 6) is 2.21. The predicted molar refractivity (Wildman–Crippen MR) is 88.3 cm³/mol. The zero-order valence-electron chi connectivity index (χ0n) is 14.3. The van der Waals surface area contributed by atoms with Crippen LogP contribution >= 0.6 is 0 Å². The van der Waals surface area contributed by atoms with Crippen LogP contribution < -0.4 is 5.32 Å². The summed E-state index contributed by atoms with van der Waals surface area (Å²) in [6.07, 6.45) is 9.45. The van der Waals surface area contributed by atoms with Crippen molar-refractivity contribution in [3.8, 4) is 0 Å². The Labute approximate surface area is 135 Å². The lowest BCUT2D eigenvalue weighted by Crippen LogP contribution is -2.42. The van der Waals surface area contributed by atoms with Crippen LogP contribution in [0.2, 0.25) is 0 Å². The number of piperidine rings is 1. The lowest BCUT2D eigenvalue weighted by atomic mass is 9.79. The Bertz CT molecular complexity index is 369. The van der Waals surface area contributed by atoms with Crippen molar-refractivity contribution in [1.82, 2.24) is 10.2 Å². The summed E-state index contributed by atoms with van der Waals surface area (Å²) >= 11 is 0. The van der Waals surface area contributed by atoms with Crippen molar-refractivity contribution in [3.63, 3.8) is 0 Å². The Morgan fingerprint density at radius 2 is 1.73 bits per heavy atom. The molecule has 0 aromatic rings. The molecule has 2 fully saturated rings. The molecule has 1 unspecified atom stereocenters. The highest BCUT2D eigenvalue weighted by atomic mass is 16.2. The number of carbonyl (C=O) groups is 2. The van der Waals surface area contributed by atoms with Crippen LogP contribution in [0.1, 0.15) is 65.2 Å². The third-order valence-corrected chi connectivity index (χ3v) is 5.56. The highest BCUT2D eigenvalue weighted by Crippen LogP contribution is 2.32. The zero-order chi connectivity index (χ0) is 15.9. The summed E-state index contributed by atoms with van der Waals surface area (Å²) in [6.45, 7) is 6.31. The van der Waals surface area contributed by atoms with Crippen LogP contribution in [0.25, 0.3) is 0 Å². The van der Waals surface area contributed by atoms with E-state index in [1.54, 1.807) is 6.92 Å². The van der Waals surface area contributed by atoms with Crippen molar-refractivity contribution in [3.05, 3.63) is 0 Å². The summed E-state index contributed by atoms with van der Waals surface area (Å²) in [5.41, 5.74) is 0. The fourth-order valence-electron chi connectivity index (χ4n) is 3.95. The van der Waals surface area contributed by atoms with Gasteiger partial charge in [0.2, 0.25) is 11.8 Å². The van der Waals surface area contributed by atoms with Crippen molar-refractivity contribution in [2.75, 3.05) is 19.6 Å². The van der Waals surface area contributed by atoms with E-state index in [1.165, 1.54) is 32.1 Å². The average molecular weight is 308 g/mol. The number of hydrogen-bond acceptors (Lipinski definition) is 2. The molecule has 0 spiro atoms. The number of amides is 2. The van der Waals surface area contributed by atoms with E-state index in [4.69, 9.17) is 0 Å². The van der Waals surface area contributed by atoms with Gasteiger partial charge in [0.25, 0.3) is 0 Å². The van der Waals surface area contributed by atoms with Crippen LogP contribution in [-0.4, -0.2) is 36.3 Å². The van der Waals surface area contributed by atoms with Gasteiger partial charge in [0.1, 0.15) is 0 Å². The summed E-state index contributed by atoms with van der Waals surface area (Å²) in [6, 6.07) is 0. The molecule has 2 aliphatic rings.